The van der Waals surface area contributed by atoms with E-state index in [0.717, 1.165) is 0 Å². The maximum atomic E-state index is 11.2. The predicted octanol–water partition coefficient (Wildman–Crippen LogP) is 2.69. The summed E-state index contributed by atoms with van der Waals surface area (Å²) in [6, 6.07) is 5.25. The Hall–Kier alpha value is -0.580. The summed E-state index contributed by atoms with van der Waals surface area (Å²) in [4.78, 5) is 11.2. The Balaban J connectivity index is 2.76. The van der Waals surface area contributed by atoms with Crippen molar-refractivity contribution in [2.45, 2.75) is 0 Å². The Kier molecular flexibility index (Phi) is 4.38. The number of methoxy groups -OCH3 is 1. The number of rotatable bonds is 3. The van der Waals surface area contributed by atoms with Crippen LogP contribution in [0.4, 0.5) is 5.69 Å². The van der Waals surface area contributed by atoms with Crippen LogP contribution in [0.15, 0.2) is 22.7 Å². The molecule has 1 N–H and O–H groups in total. The van der Waals surface area contributed by atoms with Crippen molar-refractivity contribution in [3.8, 4) is 0 Å². The van der Waals surface area contributed by atoms with Gasteiger partial charge in [0.1, 0.15) is 6.61 Å². The molecule has 1 aromatic carbocycles. The molecule has 5 heteroatoms. The maximum absolute atomic E-state index is 11.2. The standard InChI is InChI=1S/C9H9BrClNO2/c1-14-5-8(13)12-7-4-2-3-6(11)9(7)10/h2-4H,5H2,1H3,(H,12,13). The average molecular weight is 279 g/mol. The summed E-state index contributed by atoms with van der Waals surface area (Å²) in [5.74, 6) is -0.213. The third-order valence-corrected chi connectivity index (χ3v) is 2.90. The molecule has 1 aromatic rings. The van der Waals surface area contributed by atoms with Gasteiger partial charge in [-0.15, -0.1) is 0 Å². The van der Waals surface area contributed by atoms with E-state index in [1.54, 1.807) is 18.2 Å². The van der Waals surface area contributed by atoms with E-state index in [2.05, 4.69) is 26.0 Å². The monoisotopic (exact) mass is 277 g/mol. The first kappa shape index (κ1) is 11.5. The third-order valence-electron chi connectivity index (χ3n) is 1.50. The molecule has 0 saturated heterocycles. The number of hydrogen-bond acceptors (Lipinski definition) is 2. The lowest BCUT2D eigenvalue weighted by Gasteiger charge is -2.07. The number of carbonyl (C=O) groups is 1. The minimum absolute atomic E-state index is 0.0267. The maximum Gasteiger partial charge on any atom is 0.250 e. The van der Waals surface area contributed by atoms with Crippen molar-refractivity contribution < 1.29 is 9.53 Å². The second kappa shape index (κ2) is 5.34. The van der Waals surface area contributed by atoms with Gasteiger partial charge in [0.15, 0.2) is 0 Å². The van der Waals surface area contributed by atoms with Crippen LogP contribution in [0.2, 0.25) is 5.02 Å². The largest absolute Gasteiger partial charge is 0.375 e. The molecule has 0 aliphatic heterocycles. The molecule has 0 aromatic heterocycles. The molecule has 3 nitrogen and oxygen atoms in total. The highest BCUT2D eigenvalue weighted by Crippen LogP contribution is 2.29. The molecule has 0 atom stereocenters. The van der Waals surface area contributed by atoms with Crippen LogP contribution in [-0.2, 0) is 9.53 Å². The number of ether oxygens (including phenoxy) is 1. The average Bonchev–Trinajstić information content (AvgIpc) is 2.13. The van der Waals surface area contributed by atoms with Crippen molar-refractivity contribution in [2.24, 2.45) is 0 Å². The van der Waals surface area contributed by atoms with Crippen LogP contribution in [0.5, 0.6) is 0 Å². The van der Waals surface area contributed by atoms with Gasteiger partial charge in [0.2, 0.25) is 5.91 Å². The lowest BCUT2D eigenvalue weighted by atomic mass is 10.3. The van der Waals surface area contributed by atoms with Crippen LogP contribution in [0.3, 0.4) is 0 Å². The molecule has 1 amide bonds. The summed E-state index contributed by atoms with van der Waals surface area (Å²) in [6.07, 6.45) is 0. The molecule has 0 unspecified atom stereocenters. The van der Waals surface area contributed by atoms with Gasteiger partial charge in [-0.05, 0) is 28.1 Å². The van der Waals surface area contributed by atoms with Gasteiger partial charge in [0.05, 0.1) is 15.2 Å². The normalized spacial score (nSPS) is 9.93. The number of hydrogen-bond donors (Lipinski definition) is 1. The van der Waals surface area contributed by atoms with Crippen LogP contribution in [-0.4, -0.2) is 19.6 Å². The number of amides is 1. The molecule has 0 bridgehead atoms. The third kappa shape index (κ3) is 2.97. The topological polar surface area (TPSA) is 38.3 Å². The molecule has 0 aliphatic rings. The molecule has 76 valence electrons. The van der Waals surface area contributed by atoms with E-state index < -0.39 is 0 Å². The summed E-state index contributed by atoms with van der Waals surface area (Å²) in [6.45, 7) is 0.0267. The van der Waals surface area contributed by atoms with Gasteiger partial charge in [0.25, 0.3) is 0 Å². The van der Waals surface area contributed by atoms with Crippen LogP contribution < -0.4 is 5.32 Å². The molecule has 14 heavy (non-hydrogen) atoms. The first-order valence-electron chi connectivity index (χ1n) is 3.88. The molecular formula is C9H9BrClNO2. The van der Waals surface area contributed by atoms with Gasteiger partial charge >= 0.3 is 0 Å². The molecule has 0 aliphatic carbocycles. The number of anilines is 1. The van der Waals surface area contributed by atoms with Crippen LogP contribution in [0.1, 0.15) is 0 Å². The van der Waals surface area contributed by atoms with E-state index in [1.165, 1.54) is 7.11 Å². The Morgan fingerprint density at radius 3 is 3.00 bits per heavy atom. The van der Waals surface area contributed by atoms with E-state index in [0.29, 0.717) is 15.2 Å². The van der Waals surface area contributed by atoms with E-state index >= 15 is 0 Å². The zero-order valence-corrected chi connectivity index (χ0v) is 9.85. The van der Waals surface area contributed by atoms with Gasteiger partial charge in [0, 0.05) is 7.11 Å². The smallest absolute Gasteiger partial charge is 0.250 e. The zero-order valence-electron chi connectivity index (χ0n) is 7.51. The quantitative estimate of drug-likeness (QED) is 0.923. The fraction of sp³-hybridized carbons (Fsp3) is 0.222. The molecule has 0 fully saturated rings. The number of nitrogens with one attached hydrogen (secondary N) is 1. The fourth-order valence-electron chi connectivity index (χ4n) is 0.918. The number of halogens is 2. The first-order valence-corrected chi connectivity index (χ1v) is 5.05. The van der Waals surface area contributed by atoms with Crippen LogP contribution >= 0.6 is 27.5 Å². The Morgan fingerprint density at radius 1 is 1.64 bits per heavy atom. The molecule has 0 spiro atoms. The van der Waals surface area contributed by atoms with Gasteiger partial charge < -0.3 is 10.1 Å². The van der Waals surface area contributed by atoms with E-state index in [9.17, 15) is 4.79 Å². The van der Waals surface area contributed by atoms with E-state index in [1.807, 2.05) is 0 Å². The number of carbonyl (C=O) groups excluding carboxylic acids is 1. The van der Waals surface area contributed by atoms with Crippen molar-refractivity contribution in [1.29, 1.82) is 0 Å². The summed E-state index contributed by atoms with van der Waals surface area (Å²) >= 11 is 9.12. The minimum Gasteiger partial charge on any atom is -0.375 e. The summed E-state index contributed by atoms with van der Waals surface area (Å²) in [5.41, 5.74) is 0.638. The summed E-state index contributed by atoms with van der Waals surface area (Å²) in [7, 11) is 1.46. The van der Waals surface area contributed by atoms with Crippen molar-refractivity contribution in [3.63, 3.8) is 0 Å². The van der Waals surface area contributed by atoms with E-state index in [-0.39, 0.29) is 12.5 Å². The lowest BCUT2D eigenvalue weighted by molar-refractivity contribution is -0.119. The Bertz CT molecular complexity index is 344. The zero-order chi connectivity index (χ0) is 10.6. The van der Waals surface area contributed by atoms with Gasteiger partial charge in [-0.1, -0.05) is 17.7 Å². The van der Waals surface area contributed by atoms with E-state index in [4.69, 9.17) is 11.6 Å². The first-order chi connectivity index (χ1) is 6.65. The van der Waals surface area contributed by atoms with Crippen molar-refractivity contribution in [2.75, 3.05) is 19.0 Å². The molecule has 0 saturated carbocycles. The molecule has 0 heterocycles. The lowest BCUT2D eigenvalue weighted by Crippen LogP contribution is -2.17. The minimum atomic E-state index is -0.213. The highest BCUT2D eigenvalue weighted by atomic mass is 79.9. The number of benzene rings is 1. The molecule has 0 radical (unpaired) electrons. The predicted molar refractivity (Wildman–Crippen MR) is 59.7 cm³/mol. The summed E-state index contributed by atoms with van der Waals surface area (Å²) < 4.78 is 5.36. The Morgan fingerprint density at radius 2 is 2.36 bits per heavy atom. The van der Waals surface area contributed by atoms with Gasteiger partial charge in [-0.3, -0.25) is 4.79 Å². The SMILES string of the molecule is COCC(=O)Nc1cccc(Cl)c1Br. The summed E-state index contributed by atoms with van der Waals surface area (Å²) in [5, 5.41) is 3.21. The molecule has 1 rings (SSSR count). The highest BCUT2D eigenvalue weighted by Gasteiger charge is 2.06. The van der Waals surface area contributed by atoms with Gasteiger partial charge in [-0.2, -0.15) is 0 Å². The molecular weight excluding hydrogens is 269 g/mol. The van der Waals surface area contributed by atoms with Crippen molar-refractivity contribution in [3.05, 3.63) is 27.7 Å². The van der Waals surface area contributed by atoms with Crippen LogP contribution in [0.25, 0.3) is 0 Å². The van der Waals surface area contributed by atoms with Crippen LogP contribution in [0, 0.1) is 0 Å². The highest BCUT2D eigenvalue weighted by molar-refractivity contribution is 9.10. The second-order valence-corrected chi connectivity index (χ2v) is 3.78. The fourth-order valence-corrected chi connectivity index (χ4v) is 1.46. The Labute approximate surface area is 95.5 Å². The van der Waals surface area contributed by atoms with Crippen molar-refractivity contribution in [1.82, 2.24) is 0 Å². The second-order valence-electron chi connectivity index (χ2n) is 2.58. The van der Waals surface area contributed by atoms with Gasteiger partial charge in [-0.25, -0.2) is 0 Å². The van der Waals surface area contributed by atoms with Crippen molar-refractivity contribution >= 4 is 39.1 Å².